The van der Waals surface area contributed by atoms with Crippen LogP contribution in [-0.4, -0.2) is 28.6 Å². The molecule has 0 saturated carbocycles. The fourth-order valence-electron chi connectivity index (χ4n) is 4.25. The summed E-state index contributed by atoms with van der Waals surface area (Å²) in [7, 11) is 0. The second-order valence-corrected chi connectivity index (χ2v) is 9.83. The van der Waals surface area contributed by atoms with Crippen molar-refractivity contribution in [2.45, 2.75) is 113 Å². The van der Waals surface area contributed by atoms with Crippen molar-refractivity contribution >= 4 is 11.5 Å². The molecule has 0 saturated heterocycles. The van der Waals surface area contributed by atoms with Crippen LogP contribution in [0.3, 0.4) is 0 Å². The lowest BCUT2D eigenvalue weighted by Crippen LogP contribution is -2.25. The van der Waals surface area contributed by atoms with E-state index in [1.807, 2.05) is 34.6 Å². The number of carbonyl (C=O) groups excluding carboxylic acids is 1. The number of unbranched alkanes of at least 4 members (excludes halogenated alkanes) is 4. The van der Waals surface area contributed by atoms with E-state index in [0.717, 1.165) is 23.1 Å². The molecule has 0 unspecified atom stereocenters. The summed E-state index contributed by atoms with van der Waals surface area (Å²) in [5.41, 5.74) is 6.49. The third-order valence-corrected chi connectivity index (χ3v) is 6.44. The second-order valence-electron chi connectivity index (χ2n) is 9.83. The number of fused-ring (bicyclic) bond motifs is 1. The summed E-state index contributed by atoms with van der Waals surface area (Å²) in [5.74, 6) is -0.153. The van der Waals surface area contributed by atoms with E-state index in [4.69, 9.17) is 4.74 Å². The number of phenolic OH excluding ortho intramolecular Hbond substituents is 1. The van der Waals surface area contributed by atoms with Gasteiger partial charge in [-0.25, -0.2) is 0 Å². The smallest absolute Gasteiger partial charge is 0.258 e. The maximum Gasteiger partial charge on any atom is 0.258 e. The Hall–Kier alpha value is -2.59. The average Bonchev–Trinajstić information content (AvgIpc) is 3.32. The lowest BCUT2D eigenvalue weighted by Gasteiger charge is -2.19. The standard InChI is InChI=1S/C24H29NO3.C7H16.C2H6/c1-6-18-7-8-19-12-25(13-20(19)10-18)24(27)22-11-21(16(4)9-23(22)26)17(5)14-28-15(2)3;1-3-5-7-6-4-2;1-2/h7-11,15,26H,5-6,12-14H2,1-4H3;3-7H2,1-2H3;1-2H3. The molecule has 1 aliphatic rings. The maximum absolute atomic E-state index is 13.1. The first-order valence-electron chi connectivity index (χ1n) is 14.2. The maximum atomic E-state index is 13.1. The van der Waals surface area contributed by atoms with Gasteiger partial charge in [-0.15, -0.1) is 0 Å². The molecule has 0 radical (unpaired) electrons. The Morgan fingerprint density at radius 3 is 2.16 bits per heavy atom. The molecular formula is C33H51NO3. The van der Waals surface area contributed by atoms with Crippen molar-refractivity contribution in [2.75, 3.05) is 6.61 Å². The lowest BCUT2D eigenvalue weighted by molar-refractivity contribution is 0.0748. The second kappa shape index (κ2) is 17.0. The highest BCUT2D eigenvalue weighted by Gasteiger charge is 2.27. The third kappa shape index (κ3) is 10.0. The zero-order valence-electron chi connectivity index (χ0n) is 24.7. The molecule has 37 heavy (non-hydrogen) atoms. The Balaban J connectivity index is 0.000000659. The molecule has 3 rings (SSSR count). The van der Waals surface area contributed by atoms with Crippen LogP contribution in [0.15, 0.2) is 36.9 Å². The molecular weight excluding hydrogens is 458 g/mol. The molecule has 1 heterocycles. The SMILES string of the molecule is C=C(COC(C)C)c1cc(C(=O)N2Cc3ccc(CC)cc3C2)c(O)cc1C.CC.CCCCCCC. The summed E-state index contributed by atoms with van der Waals surface area (Å²) in [5, 5.41) is 10.4. The van der Waals surface area contributed by atoms with Gasteiger partial charge in [-0.3, -0.25) is 4.79 Å². The Morgan fingerprint density at radius 1 is 0.973 bits per heavy atom. The third-order valence-electron chi connectivity index (χ3n) is 6.44. The number of aryl methyl sites for hydroxylation is 2. The van der Waals surface area contributed by atoms with Gasteiger partial charge in [0.2, 0.25) is 0 Å². The molecule has 0 aliphatic carbocycles. The predicted octanol–water partition coefficient (Wildman–Crippen LogP) is 8.86. The van der Waals surface area contributed by atoms with Crippen LogP contribution in [0, 0.1) is 6.92 Å². The summed E-state index contributed by atoms with van der Waals surface area (Å²) in [6.45, 7) is 22.1. The van der Waals surface area contributed by atoms with E-state index in [1.165, 1.54) is 48.8 Å². The molecule has 4 nitrogen and oxygen atoms in total. The number of hydrogen-bond acceptors (Lipinski definition) is 3. The van der Waals surface area contributed by atoms with Crippen LogP contribution < -0.4 is 0 Å². The van der Waals surface area contributed by atoms with Crippen molar-refractivity contribution in [2.24, 2.45) is 0 Å². The predicted molar refractivity (Wildman–Crippen MR) is 158 cm³/mol. The van der Waals surface area contributed by atoms with Crippen LogP contribution in [0.1, 0.15) is 119 Å². The van der Waals surface area contributed by atoms with Crippen LogP contribution in [0.5, 0.6) is 5.75 Å². The van der Waals surface area contributed by atoms with Crippen LogP contribution in [0.4, 0.5) is 0 Å². The Kier molecular flexibility index (Phi) is 14.9. The molecule has 4 heteroatoms. The lowest BCUT2D eigenvalue weighted by atomic mass is 9.98. The number of nitrogens with zero attached hydrogens (tertiary/aromatic N) is 1. The Labute approximate surface area is 226 Å². The topological polar surface area (TPSA) is 49.8 Å². The number of benzene rings is 2. The normalized spacial score (nSPS) is 11.9. The number of phenols is 1. The number of hydrogen-bond donors (Lipinski definition) is 1. The van der Waals surface area contributed by atoms with Crippen molar-refractivity contribution < 1.29 is 14.6 Å². The molecule has 206 valence electrons. The van der Waals surface area contributed by atoms with Gasteiger partial charge in [-0.1, -0.05) is 91.5 Å². The average molecular weight is 510 g/mol. The van der Waals surface area contributed by atoms with E-state index >= 15 is 0 Å². The minimum atomic E-state index is -0.162. The minimum Gasteiger partial charge on any atom is -0.507 e. The van der Waals surface area contributed by atoms with Gasteiger partial charge >= 0.3 is 0 Å². The van der Waals surface area contributed by atoms with Gasteiger partial charge in [0.05, 0.1) is 18.3 Å². The van der Waals surface area contributed by atoms with Crippen LogP contribution in [0.25, 0.3) is 5.57 Å². The number of carbonyl (C=O) groups is 1. The number of amides is 1. The molecule has 1 amide bonds. The summed E-state index contributed by atoms with van der Waals surface area (Å²) < 4.78 is 5.65. The fraction of sp³-hybridized carbons (Fsp3) is 0.545. The number of rotatable bonds is 10. The van der Waals surface area contributed by atoms with Crippen molar-refractivity contribution in [1.82, 2.24) is 4.90 Å². The minimum absolute atomic E-state index is 0.00836. The van der Waals surface area contributed by atoms with Crippen molar-refractivity contribution in [3.63, 3.8) is 0 Å². The molecule has 2 aromatic rings. The molecule has 2 aromatic carbocycles. The Bertz CT molecular complexity index is 989. The summed E-state index contributed by atoms with van der Waals surface area (Å²) >= 11 is 0. The largest absolute Gasteiger partial charge is 0.507 e. The first kappa shape index (κ1) is 32.4. The van der Waals surface area contributed by atoms with Crippen molar-refractivity contribution in [3.05, 3.63) is 70.3 Å². The highest BCUT2D eigenvalue weighted by Crippen LogP contribution is 2.31. The van der Waals surface area contributed by atoms with Crippen LogP contribution in [0.2, 0.25) is 0 Å². The van der Waals surface area contributed by atoms with Gasteiger partial charge in [0.1, 0.15) is 5.75 Å². The molecule has 0 bridgehead atoms. The van der Waals surface area contributed by atoms with Crippen molar-refractivity contribution in [1.29, 1.82) is 0 Å². The van der Waals surface area contributed by atoms with E-state index in [9.17, 15) is 9.90 Å². The van der Waals surface area contributed by atoms with Gasteiger partial charge in [-0.2, -0.15) is 0 Å². The fourth-order valence-corrected chi connectivity index (χ4v) is 4.25. The van der Waals surface area contributed by atoms with Crippen LogP contribution >= 0.6 is 0 Å². The van der Waals surface area contributed by atoms with Gasteiger partial charge in [0.15, 0.2) is 0 Å². The van der Waals surface area contributed by atoms with E-state index in [1.54, 1.807) is 17.0 Å². The van der Waals surface area contributed by atoms with Gasteiger partial charge in [0, 0.05) is 13.1 Å². The molecule has 1 aliphatic heterocycles. The monoisotopic (exact) mass is 509 g/mol. The molecule has 0 fully saturated rings. The zero-order chi connectivity index (χ0) is 28.0. The van der Waals surface area contributed by atoms with Gasteiger partial charge < -0.3 is 14.7 Å². The highest BCUT2D eigenvalue weighted by molar-refractivity contribution is 5.98. The van der Waals surface area contributed by atoms with E-state index in [2.05, 4.69) is 45.5 Å². The Morgan fingerprint density at radius 2 is 1.59 bits per heavy atom. The molecule has 0 atom stereocenters. The molecule has 0 spiro atoms. The van der Waals surface area contributed by atoms with E-state index in [-0.39, 0.29) is 17.8 Å². The van der Waals surface area contributed by atoms with Gasteiger partial charge in [0.25, 0.3) is 5.91 Å². The summed E-state index contributed by atoms with van der Waals surface area (Å²) in [6.07, 6.45) is 8.09. The summed E-state index contributed by atoms with van der Waals surface area (Å²) in [6, 6.07) is 9.79. The van der Waals surface area contributed by atoms with E-state index in [0.29, 0.717) is 25.3 Å². The van der Waals surface area contributed by atoms with Crippen LogP contribution in [-0.2, 0) is 24.2 Å². The molecule has 0 aromatic heterocycles. The quantitative estimate of drug-likeness (QED) is 0.325. The number of aromatic hydroxyl groups is 1. The number of ether oxygens (including phenoxy) is 1. The van der Waals surface area contributed by atoms with Gasteiger partial charge in [-0.05, 0) is 72.7 Å². The highest BCUT2D eigenvalue weighted by atomic mass is 16.5. The summed E-state index contributed by atoms with van der Waals surface area (Å²) in [4.78, 5) is 14.9. The first-order chi connectivity index (χ1) is 17.7. The first-order valence-corrected chi connectivity index (χ1v) is 14.2. The zero-order valence-corrected chi connectivity index (χ0v) is 24.7. The van der Waals surface area contributed by atoms with E-state index < -0.39 is 0 Å². The van der Waals surface area contributed by atoms with Crippen molar-refractivity contribution in [3.8, 4) is 5.75 Å². The molecule has 1 N–H and O–H groups in total.